The van der Waals surface area contributed by atoms with Crippen molar-refractivity contribution in [2.75, 3.05) is 11.5 Å². The molecule has 0 aromatic heterocycles. The molecule has 3 nitrogen and oxygen atoms in total. The summed E-state index contributed by atoms with van der Waals surface area (Å²) in [6.07, 6.45) is 0. The van der Waals surface area contributed by atoms with Crippen molar-refractivity contribution in [1.29, 1.82) is 0 Å². The molecular formula is C5H15IN3-. The van der Waals surface area contributed by atoms with E-state index in [2.05, 4.69) is 28.4 Å². The molecule has 3 N–H and O–H groups in total. The van der Waals surface area contributed by atoms with Gasteiger partial charge in [0, 0.05) is 0 Å². The van der Waals surface area contributed by atoms with Gasteiger partial charge in [0.05, 0.1) is 0 Å². The van der Waals surface area contributed by atoms with Crippen LogP contribution in [0.5, 0.6) is 0 Å². The van der Waals surface area contributed by atoms with Gasteiger partial charge >= 0.3 is 67.3 Å². The van der Waals surface area contributed by atoms with E-state index in [0.29, 0.717) is 0 Å². The molecule has 0 saturated carbocycles. The summed E-state index contributed by atoms with van der Waals surface area (Å²) in [7, 11) is 1.85. The van der Waals surface area contributed by atoms with E-state index >= 15 is 0 Å². The molecule has 0 fully saturated rings. The predicted molar refractivity (Wildman–Crippen MR) is 35.0 cm³/mol. The predicted octanol–water partition coefficient (Wildman–Crippen LogP) is -3.12. The van der Waals surface area contributed by atoms with Crippen LogP contribution < -0.4 is 36.1 Å². The number of hydrogen-bond donors (Lipinski definition) is 3. The minimum absolute atomic E-state index is 0.155. The molecule has 0 bridgehead atoms. The van der Waals surface area contributed by atoms with Crippen molar-refractivity contribution in [2.24, 2.45) is 5.92 Å². The summed E-state index contributed by atoms with van der Waals surface area (Å²) >= 11 is 0.155. The third-order valence-corrected chi connectivity index (χ3v) is 3.48. The third kappa shape index (κ3) is 8.61. The fraction of sp³-hybridized carbons (Fsp3) is 1.00. The minimum atomic E-state index is 0.155. The van der Waals surface area contributed by atoms with Gasteiger partial charge in [-0.15, -0.1) is 0 Å². The Kier molecular flexibility index (Phi) is 7.18. The average molecular weight is 244 g/mol. The zero-order chi connectivity index (χ0) is 7.11. The summed E-state index contributed by atoms with van der Waals surface area (Å²) in [6, 6.07) is 0. The molecule has 9 heavy (non-hydrogen) atoms. The van der Waals surface area contributed by atoms with Crippen molar-refractivity contribution in [1.82, 2.24) is 14.6 Å². The van der Waals surface area contributed by atoms with Gasteiger partial charge in [-0.25, -0.2) is 0 Å². The van der Waals surface area contributed by atoms with Crippen molar-refractivity contribution in [3.63, 3.8) is 0 Å². The van der Waals surface area contributed by atoms with Crippen molar-refractivity contribution >= 4 is 0 Å². The molecule has 0 aliphatic carbocycles. The van der Waals surface area contributed by atoms with Crippen LogP contribution >= 0.6 is 0 Å². The first-order valence-electron chi connectivity index (χ1n) is 3.02. The Bertz CT molecular complexity index is 58.2. The molecule has 0 radical (unpaired) electrons. The Morgan fingerprint density at radius 3 is 2.56 bits per heavy atom. The number of hydrazine groups is 2. The van der Waals surface area contributed by atoms with E-state index in [4.69, 9.17) is 0 Å². The second-order valence-corrected chi connectivity index (χ2v) is 4.33. The molecule has 0 amide bonds. The van der Waals surface area contributed by atoms with Crippen LogP contribution in [0.15, 0.2) is 0 Å². The molecule has 58 valence electrons. The first-order chi connectivity index (χ1) is 4.27. The zero-order valence-corrected chi connectivity index (χ0v) is 8.32. The maximum absolute atomic E-state index is 3.12. The Hall–Kier alpha value is 0.610. The molecule has 0 aromatic carbocycles. The Morgan fingerprint density at radius 2 is 2.11 bits per heavy atom. The summed E-state index contributed by atoms with van der Waals surface area (Å²) in [5.41, 5.74) is 5.66. The zero-order valence-electron chi connectivity index (χ0n) is 6.16. The molecule has 0 aromatic rings. The fourth-order valence-corrected chi connectivity index (χ4v) is 1.83. The molecule has 4 heteroatoms. The van der Waals surface area contributed by atoms with Crippen LogP contribution in [-0.2, 0) is 0 Å². The standard InChI is InChI=1S/C5H15IN3/c1-5(2)4-6-8-9-7-3/h5,7-9H,4H2,1-3H3/q-1. The van der Waals surface area contributed by atoms with E-state index in [-0.39, 0.29) is 21.5 Å². The summed E-state index contributed by atoms with van der Waals surface area (Å²) < 4.78 is 4.43. The molecule has 0 aliphatic heterocycles. The van der Waals surface area contributed by atoms with Crippen LogP contribution in [0.4, 0.5) is 0 Å². The number of halogens is 1. The van der Waals surface area contributed by atoms with Crippen LogP contribution in [-0.4, -0.2) is 11.5 Å². The number of alkyl halides is 1. The van der Waals surface area contributed by atoms with E-state index < -0.39 is 0 Å². The van der Waals surface area contributed by atoms with Gasteiger partial charge in [0.1, 0.15) is 0 Å². The van der Waals surface area contributed by atoms with Crippen molar-refractivity contribution in [3.05, 3.63) is 0 Å². The van der Waals surface area contributed by atoms with Gasteiger partial charge in [0.2, 0.25) is 0 Å². The molecule has 0 unspecified atom stereocenters. The van der Waals surface area contributed by atoms with Crippen LogP contribution in [0.3, 0.4) is 0 Å². The number of hydrogen-bond acceptors (Lipinski definition) is 3. The summed E-state index contributed by atoms with van der Waals surface area (Å²) in [5.74, 6) is 0.823. The second-order valence-electron chi connectivity index (χ2n) is 2.15. The van der Waals surface area contributed by atoms with Gasteiger partial charge in [-0.3, -0.25) is 0 Å². The Morgan fingerprint density at radius 1 is 1.44 bits per heavy atom. The molecule has 0 saturated heterocycles. The SMILES string of the molecule is CNNN[I-]CC(C)C. The van der Waals surface area contributed by atoms with Gasteiger partial charge < -0.3 is 0 Å². The second kappa shape index (κ2) is 6.73. The first-order valence-corrected chi connectivity index (χ1v) is 5.62. The van der Waals surface area contributed by atoms with E-state index in [1.165, 1.54) is 4.43 Å². The van der Waals surface area contributed by atoms with Crippen molar-refractivity contribution < 1.29 is 21.5 Å². The molecule has 0 spiro atoms. The topological polar surface area (TPSA) is 36.1 Å². The number of rotatable bonds is 5. The van der Waals surface area contributed by atoms with Gasteiger partial charge in [-0.05, 0) is 0 Å². The van der Waals surface area contributed by atoms with E-state index in [1.807, 2.05) is 7.05 Å². The van der Waals surface area contributed by atoms with Crippen LogP contribution in [0.25, 0.3) is 0 Å². The molecule has 0 aliphatic rings. The molecule has 0 atom stereocenters. The Labute approximate surface area is 67.5 Å². The van der Waals surface area contributed by atoms with Crippen molar-refractivity contribution in [2.45, 2.75) is 13.8 Å². The van der Waals surface area contributed by atoms with Crippen LogP contribution in [0.1, 0.15) is 13.8 Å². The van der Waals surface area contributed by atoms with Gasteiger partial charge in [0.15, 0.2) is 0 Å². The summed E-state index contributed by atoms with van der Waals surface area (Å²) in [6.45, 7) is 4.47. The first kappa shape index (κ1) is 9.61. The average Bonchev–Trinajstić information content (AvgIpc) is 1.80. The van der Waals surface area contributed by atoms with Crippen LogP contribution in [0, 0.1) is 5.92 Å². The number of nitrogens with one attached hydrogen (secondary N) is 3. The van der Waals surface area contributed by atoms with Crippen molar-refractivity contribution in [3.8, 4) is 0 Å². The molecule has 0 heterocycles. The fourth-order valence-electron chi connectivity index (χ4n) is 0.274. The van der Waals surface area contributed by atoms with E-state index in [9.17, 15) is 0 Å². The Balaban J connectivity index is 2.75. The monoisotopic (exact) mass is 244 g/mol. The van der Waals surface area contributed by atoms with Gasteiger partial charge in [0.25, 0.3) is 0 Å². The van der Waals surface area contributed by atoms with E-state index in [0.717, 1.165) is 5.92 Å². The summed E-state index contributed by atoms with van der Waals surface area (Å²) in [4.78, 5) is 0. The van der Waals surface area contributed by atoms with Gasteiger partial charge in [-0.2, -0.15) is 0 Å². The van der Waals surface area contributed by atoms with Crippen LogP contribution in [0.2, 0.25) is 0 Å². The molecular weight excluding hydrogens is 229 g/mol. The summed E-state index contributed by atoms with van der Waals surface area (Å²) in [5, 5.41) is 0. The van der Waals surface area contributed by atoms with E-state index in [1.54, 1.807) is 0 Å². The maximum atomic E-state index is 3.12. The quantitative estimate of drug-likeness (QED) is 0.157. The normalized spacial score (nSPS) is 11.1. The van der Waals surface area contributed by atoms with Gasteiger partial charge in [-0.1, -0.05) is 0 Å². The third-order valence-electron chi connectivity index (χ3n) is 0.625. The molecule has 0 rings (SSSR count).